The Labute approximate surface area is 137 Å². The van der Waals surface area contributed by atoms with Crippen LogP contribution in [0, 0.1) is 0 Å². The molecule has 1 aliphatic heterocycles. The number of morpholine rings is 1. The lowest BCUT2D eigenvalue weighted by molar-refractivity contribution is -0.132. The van der Waals surface area contributed by atoms with Crippen molar-refractivity contribution in [1.82, 2.24) is 4.90 Å². The SMILES string of the molecule is CCCOc1ccc(/C=C/C(=O)N2CCOC(C)C2)cc1OC. The van der Waals surface area contributed by atoms with Gasteiger partial charge in [-0.2, -0.15) is 0 Å². The molecular weight excluding hydrogens is 294 g/mol. The Kier molecular flexibility index (Phi) is 6.47. The highest BCUT2D eigenvalue weighted by Gasteiger charge is 2.19. The summed E-state index contributed by atoms with van der Waals surface area (Å²) in [5, 5.41) is 0. The number of ether oxygens (including phenoxy) is 3. The van der Waals surface area contributed by atoms with Crippen LogP contribution in [0.15, 0.2) is 24.3 Å². The van der Waals surface area contributed by atoms with Crippen molar-refractivity contribution in [2.75, 3.05) is 33.4 Å². The van der Waals surface area contributed by atoms with Gasteiger partial charge in [-0.3, -0.25) is 4.79 Å². The predicted octanol–water partition coefficient (Wildman–Crippen LogP) is 2.74. The largest absolute Gasteiger partial charge is 0.493 e. The molecule has 5 heteroatoms. The molecule has 1 amide bonds. The van der Waals surface area contributed by atoms with Crippen LogP contribution in [0.5, 0.6) is 11.5 Å². The molecule has 5 nitrogen and oxygen atoms in total. The summed E-state index contributed by atoms with van der Waals surface area (Å²) >= 11 is 0. The van der Waals surface area contributed by atoms with Gasteiger partial charge in [0.2, 0.25) is 5.91 Å². The van der Waals surface area contributed by atoms with E-state index in [-0.39, 0.29) is 12.0 Å². The molecule has 1 saturated heterocycles. The van der Waals surface area contributed by atoms with E-state index in [1.807, 2.05) is 25.1 Å². The van der Waals surface area contributed by atoms with Gasteiger partial charge in [0.25, 0.3) is 0 Å². The summed E-state index contributed by atoms with van der Waals surface area (Å²) < 4.78 is 16.4. The summed E-state index contributed by atoms with van der Waals surface area (Å²) in [6, 6.07) is 5.66. The second kappa shape index (κ2) is 8.58. The number of hydrogen-bond acceptors (Lipinski definition) is 4. The van der Waals surface area contributed by atoms with Gasteiger partial charge >= 0.3 is 0 Å². The maximum absolute atomic E-state index is 12.2. The molecule has 0 bridgehead atoms. The van der Waals surface area contributed by atoms with E-state index in [4.69, 9.17) is 14.2 Å². The van der Waals surface area contributed by atoms with E-state index < -0.39 is 0 Å². The second-order valence-corrected chi connectivity index (χ2v) is 5.56. The Balaban J connectivity index is 2.02. The highest BCUT2D eigenvalue weighted by Crippen LogP contribution is 2.28. The minimum absolute atomic E-state index is 0.00502. The first kappa shape index (κ1) is 17.3. The maximum Gasteiger partial charge on any atom is 0.246 e. The van der Waals surface area contributed by atoms with Crippen molar-refractivity contribution in [2.45, 2.75) is 26.4 Å². The normalized spacial score (nSPS) is 18.2. The molecule has 1 heterocycles. The molecule has 1 fully saturated rings. The highest BCUT2D eigenvalue weighted by molar-refractivity contribution is 5.92. The van der Waals surface area contributed by atoms with Gasteiger partial charge in [-0.05, 0) is 37.1 Å². The smallest absolute Gasteiger partial charge is 0.246 e. The molecule has 0 N–H and O–H groups in total. The maximum atomic E-state index is 12.2. The summed E-state index contributed by atoms with van der Waals surface area (Å²) in [6.07, 6.45) is 4.43. The summed E-state index contributed by atoms with van der Waals surface area (Å²) in [5.74, 6) is 1.40. The quantitative estimate of drug-likeness (QED) is 0.757. The van der Waals surface area contributed by atoms with Crippen molar-refractivity contribution in [3.8, 4) is 11.5 Å². The van der Waals surface area contributed by atoms with Crippen LogP contribution in [-0.4, -0.2) is 50.3 Å². The molecule has 1 atom stereocenters. The van der Waals surface area contributed by atoms with Crippen molar-refractivity contribution in [3.05, 3.63) is 29.8 Å². The molecule has 23 heavy (non-hydrogen) atoms. The van der Waals surface area contributed by atoms with Gasteiger partial charge in [0.1, 0.15) is 0 Å². The summed E-state index contributed by atoms with van der Waals surface area (Å²) in [5.41, 5.74) is 0.903. The molecule has 1 aliphatic rings. The van der Waals surface area contributed by atoms with Gasteiger partial charge in [-0.1, -0.05) is 13.0 Å². The third-order valence-electron chi connectivity index (χ3n) is 3.62. The zero-order valence-electron chi connectivity index (χ0n) is 14.1. The van der Waals surface area contributed by atoms with Gasteiger partial charge < -0.3 is 19.1 Å². The fourth-order valence-electron chi connectivity index (χ4n) is 2.41. The van der Waals surface area contributed by atoms with Crippen LogP contribution in [-0.2, 0) is 9.53 Å². The van der Waals surface area contributed by atoms with E-state index in [9.17, 15) is 4.79 Å². The van der Waals surface area contributed by atoms with E-state index >= 15 is 0 Å². The third-order valence-corrected chi connectivity index (χ3v) is 3.62. The standard InChI is InChI=1S/C18H25NO4/c1-4-10-23-16-7-5-15(12-17(16)21-3)6-8-18(20)19-9-11-22-14(2)13-19/h5-8,12,14H,4,9-11,13H2,1-3H3/b8-6+. The van der Waals surface area contributed by atoms with Crippen LogP contribution in [0.1, 0.15) is 25.8 Å². The van der Waals surface area contributed by atoms with Crippen LogP contribution in [0.2, 0.25) is 0 Å². The van der Waals surface area contributed by atoms with Crippen LogP contribution in [0.3, 0.4) is 0 Å². The molecule has 126 valence electrons. The minimum Gasteiger partial charge on any atom is -0.493 e. The second-order valence-electron chi connectivity index (χ2n) is 5.56. The third kappa shape index (κ3) is 4.99. The highest BCUT2D eigenvalue weighted by atomic mass is 16.5. The van der Waals surface area contributed by atoms with Crippen LogP contribution < -0.4 is 9.47 Å². The molecule has 1 aromatic rings. The zero-order chi connectivity index (χ0) is 16.7. The number of amides is 1. The Morgan fingerprint density at radius 1 is 1.43 bits per heavy atom. The number of methoxy groups -OCH3 is 1. The Hall–Kier alpha value is -2.01. The average molecular weight is 319 g/mol. The fraction of sp³-hybridized carbons (Fsp3) is 0.500. The summed E-state index contributed by atoms with van der Waals surface area (Å²) in [7, 11) is 1.61. The van der Waals surface area contributed by atoms with Crippen molar-refractivity contribution >= 4 is 12.0 Å². The minimum atomic E-state index is 0.00502. The van der Waals surface area contributed by atoms with Crippen molar-refractivity contribution < 1.29 is 19.0 Å². The van der Waals surface area contributed by atoms with E-state index in [2.05, 4.69) is 6.92 Å². The Morgan fingerprint density at radius 3 is 2.96 bits per heavy atom. The topological polar surface area (TPSA) is 48.0 Å². The van der Waals surface area contributed by atoms with E-state index in [0.29, 0.717) is 32.1 Å². The molecule has 1 aromatic carbocycles. The van der Waals surface area contributed by atoms with Crippen LogP contribution in [0.25, 0.3) is 6.08 Å². The fourth-order valence-corrected chi connectivity index (χ4v) is 2.41. The molecule has 0 radical (unpaired) electrons. The lowest BCUT2D eigenvalue weighted by Crippen LogP contribution is -2.43. The molecule has 0 spiro atoms. The van der Waals surface area contributed by atoms with Crippen molar-refractivity contribution in [1.29, 1.82) is 0 Å². The van der Waals surface area contributed by atoms with E-state index in [1.54, 1.807) is 24.2 Å². The number of carbonyl (C=O) groups excluding carboxylic acids is 1. The summed E-state index contributed by atoms with van der Waals surface area (Å²) in [4.78, 5) is 14.0. The number of nitrogens with zero attached hydrogens (tertiary/aromatic N) is 1. The van der Waals surface area contributed by atoms with Gasteiger partial charge in [-0.25, -0.2) is 0 Å². The first-order valence-corrected chi connectivity index (χ1v) is 8.03. The Morgan fingerprint density at radius 2 is 2.26 bits per heavy atom. The molecule has 0 aliphatic carbocycles. The van der Waals surface area contributed by atoms with Gasteiger partial charge in [-0.15, -0.1) is 0 Å². The van der Waals surface area contributed by atoms with Gasteiger partial charge in [0, 0.05) is 19.2 Å². The lowest BCUT2D eigenvalue weighted by atomic mass is 10.2. The number of rotatable bonds is 6. The van der Waals surface area contributed by atoms with E-state index in [0.717, 1.165) is 17.7 Å². The van der Waals surface area contributed by atoms with Crippen molar-refractivity contribution in [2.24, 2.45) is 0 Å². The average Bonchev–Trinajstić information content (AvgIpc) is 2.58. The Bertz CT molecular complexity index is 556. The first-order chi connectivity index (χ1) is 11.1. The molecule has 0 saturated carbocycles. The monoisotopic (exact) mass is 319 g/mol. The molecular formula is C18H25NO4. The lowest BCUT2D eigenvalue weighted by Gasteiger charge is -2.30. The number of carbonyl (C=O) groups is 1. The van der Waals surface area contributed by atoms with Gasteiger partial charge in [0.15, 0.2) is 11.5 Å². The first-order valence-electron chi connectivity index (χ1n) is 8.03. The molecule has 0 aromatic heterocycles. The van der Waals surface area contributed by atoms with Gasteiger partial charge in [0.05, 0.1) is 26.4 Å². The van der Waals surface area contributed by atoms with Crippen molar-refractivity contribution in [3.63, 3.8) is 0 Å². The van der Waals surface area contributed by atoms with E-state index in [1.165, 1.54) is 0 Å². The van der Waals surface area contributed by atoms with Crippen LogP contribution >= 0.6 is 0 Å². The number of hydrogen-bond donors (Lipinski definition) is 0. The summed E-state index contributed by atoms with van der Waals surface area (Å²) in [6.45, 7) is 6.55. The van der Waals surface area contributed by atoms with Crippen LogP contribution in [0.4, 0.5) is 0 Å². The number of benzene rings is 1. The molecule has 1 unspecified atom stereocenters. The molecule has 2 rings (SSSR count). The predicted molar refractivity (Wildman–Crippen MR) is 89.8 cm³/mol. The zero-order valence-corrected chi connectivity index (χ0v) is 14.1.